The van der Waals surface area contributed by atoms with Gasteiger partial charge in [-0.05, 0) is 12.1 Å². The van der Waals surface area contributed by atoms with E-state index in [-0.39, 0.29) is 0 Å². The zero-order valence-electron chi connectivity index (χ0n) is 7.74. The molecule has 1 aliphatic heterocycles. The van der Waals surface area contributed by atoms with Crippen LogP contribution in [0.1, 0.15) is 5.56 Å². The van der Waals surface area contributed by atoms with Gasteiger partial charge in [-0.2, -0.15) is 0 Å². The summed E-state index contributed by atoms with van der Waals surface area (Å²) in [6.45, 7) is 0. The van der Waals surface area contributed by atoms with E-state index in [0.717, 1.165) is 12.1 Å². The van der Waals surface area contributed by atoms with Crippen molar-refractivity contribution in [2.24, 2.45) is 10.7 Å². The van der Waals surface area contributed by atoms with Crippen LogP contribution in [0.4, 0.5) is 8.78 Å². The van der Waals surface area contributed by atoms with E-state index in [1.165, 1.54) is 18.5 Å². The van der Waals surface area contributed by atoms with Crippen LogP contribution in [-0.2, 0) is 5.66 Å². The maximum Gasteiger partial charge on any atom is 0.159 e. The van der Waals surface area contributed by atoms with Gasteiger partial charge < -0.3 is 11.1 Å². The number of halogens is 2. The lowest BCUT2D eigenvalue weighted by atomic mass is 10.0. The smallest absolute Gasteiger partial charge is 0.159 e. The number of rotatable bonds is 1. The van der Waals surface area contributed by atoms with Crippen LogP contribution in [0.2, 0.25) is 0 Å². The minimum atomic E-state index is -1.08. The van der Waals surface area contributed by atoms with E-state index in [9.17, 15) is 8.78 Å². The highest BCUT2D eigenvalue weighted by atomic mass is 19.2. The van der Waals surface area contributed by atoms with E-state index in [1.807, 2.05) is 0 Å². The second-order valence-electron chi connectivity index (χ2n) is 3.24. The zero-order valence-corrected chi connectivity index (χ0v) is 7.74. The summed E-state index contributed by atoms with van der Waals surface area (Å²) in [6, 6.07) is 3.50. The van der Waals surface area contributed by atoms with Crippen LogP contribution in [0.15, 0.2) is 35.6 Å². The molecule has 3 nitrogen and oxygen atoms in total. The van der Waals surface area contributed by atoms with Crippen LogP contribution in [0, 0.1) is 11.6 Å². The van der Waals surface area contributed by atoms with E-state index < -0.39 is 17.3 Å². The largest absolute Gasteiger partial charge is 0.364 e. The molecule has 0 fully saturated rings. The van der Waals surface area contributed by atoms with Crippen LogP contribution in [-0.4, -0.2) is 6.21 Å². The lowest BCUT2D eigenvalue weighted by Gasteiger charge is -2.27. The number of aliphatic imine (C=N–C) groups is 1. The van der Waals surface area contributed by atoms with E-state index >= 15 is 0 Å². The summed E-state index contributed by atoms with van der Waals surface area (Å²) in [6.07, 6.45) is 4.49. The van der Waals surface area contributed by atoms with E-state index in [2.05, 4.69) is 10.3 Å². The maximum absolute atomic E-state index is 13.0. The molecule has 5 heteroatoms. The predicted molar refractivity (Wildman–Crippen MR) is 53.0 cm³/mol. The van der Waals surface area contributed by atoms with E-state index in [1.54, 1.807) is 6.20 Å². The predicted octanol–water partition coefficient (Wildman–Crippen LogP) is 1.22. The lowest BCUT2D eigenvalue weighted by Crippen LogP contribution is -2.50. The summed E-state index contributed by atoms with van der Waals surface area (Å²) in [5.74, 6) is -1.83. The Kier molecular flexibility index (Phi) is 2.24. The van der Waals surface area contributed by atoms with Gasteiger partial charge in [-0.25, -0.2) is 8.78 Å². The molecule has 0 radical (unpaired) electrons. The van der Waals surface area contributed by atoms with Crippen molar-refractivity contribution in [2.45, 2.75) is 5.66 Å². The number of benzene rings is 1. The van der Waals surface area contributed by atoms with Gasteiger partial charge in [0.25, 0.3) is 0 Å². The van der Waals surface area contributed by atoms with Gasteiger partial charge in [0, 0.05) is 24.2 Å². The molecule has 78 valence electrons. The summed E-state index contributed by atoms with van der Waals surface area (Å²) >= 11 is 0. The van der Waals surface area contributed by atoms with Crippen LogP contribution in [0.5, 0.6) is 0 Å². The quantitative estimate of drug-likeness (QED) is 0.730. The molecule has 1 heterocycles. The Hall–Kier alpha value is -1.75. The van der Waals surface area contributed by atoms with Crippen molar-refractivity contribution in [3.8, 4) is 0 Å². The standard InChI is InChI=1S/C10H9F2N3/c11-8-2-1-7(5-9(8)12)10(13)6-14-3-4-15-10/h1-6,15H,13H2. The Morgan fingerprint density at radius 2 is 2.07 bits per heavy atom. The molecule has 0 saturated carbocycles. The highest BCUT2D eigenvalue weighted by Crippen LogP contribution is 2.18. The minimum Gasteiger partial charge on any atom is -0.364 e. The number of nitrogens with one attached hydrogen (secondary N) is 1. The third-order valence-corrected chi connectivity index (χ3v) is 2.16. The molecule has 0 bridgehead atoms. The van der Waals surface area contributed by atoms with Crippen molar-refractivity contribution in [1.82, 2.24) is 5.32 Å². The Balaban J connectivity index is 2.41. The molecular formula is C10H9F2N3. The summed E-state index contributed by atoms with van der Waals surface area (Å²) in [4.78, 5) is 3.85. The van der Waals surface area contributed by atoms with Crippen molar-refractivity contribution in [3.05, 3.63) is 47.8 Å². The first-order valence-corrected chi connectivity index (χ1v) is 4.33. The molecule has 2 rings (SSSR count). The summed E-state index contributed by atoms with van der Waals surface area (Å²) < 4.78 is 25.7. The van der Waals surface area contributed by atoms with Gasteiger partial charge in [0.15, 0.2) is 11.6 Å². The van der Waals surface area contributed by atoms with Crippen molar-refractivity contribution >= 4 is 6.21 Å². The van der Waals surface area contributed by atoms with Gasteiger partial charge in [0.1, 0.15) is 5.66 Å². The Morgan fingerprint density at radius 3 is 2.67 bits per heavy atom. The zero-order chi connectivity index (χ0) is 10.9. The second kappa shape index (κ2) is 3.43. The molecule has 0 amide bonds. The molecular weight excluding hydrogens is 200 g/mol. The van der Waals surface area contributed by atoms with Gasteiger partial charge in [0.2, 0.25) is 0 Å². The van der Waals surface area contributed by atoms with Gasteiger partial charge in [-0.15, -0.1) is 0 Å². The maximum atomic E-state index is 13.0. The first-order valence-electron chi connectivity index (χ1n) is 4.33. The molecule has 1 aromatic carbocycles. The van der Waals surface area contributed by atoms with Crippen molar-refractivity contribution in [3.63, 3.8) is 0 Å². The fraction of sp³-hybridized carbons (Fsp3) is 0.100. The van der Waals surface area contributed by atoms with Crippen LogP contribution >= 0.6 is 0 Å². The van der Waals surface area contributed by atoms with Crippen molar-refractivity contribution in [1.29, 1.82) is 0 Å². The van der Waals surface area contributed by atoms with Gasteiger partial charge in [0.05, 0.1) is 0 Å². The van der Waals surface area contributed by atoms with Crippen LogP contribution in [0.3, 0.4) is 0 Å². The number of nitrogens with two attached hydrogens (primary N) is 1. The summed E-state index contributed by atoms with van der Waals surface area (Å²) in [7, 11) is 0. The topological polar surface area (TPSA) is 50.4 Å². The van der Waals surface area contributed by atoms with E-state index in [0.29, 0.717) is 5.56 Å². The fourth-order valence-corrected chi connectivity index (χ4v) is 1.33. The van der Waals surface area contributed by atoms with Gasteiger partial charge in [-0.3, -0.25) is 4.99 Å². The van der Waals surface area contributed by atoms with Crippen LogP contribution in [0.25, 0.3) is 0 Å². The molecule has 15 heavy (non-hydrogen) atoms. The third kappa shape index (κ3) is 1.73. The highest BCUT2D eigenvalue weighted by molar-refractivity contribution is 5.73. The molecule has 1 aliphatic rings. The normalized spacial score (nSPS) is 23.9. The Morgan fingerprint density at radius 1 is 1.27 bits per heavy atom. The molecule has 0 spiro atoms. The average molecular weight is 209 g/mol. The average Bonchev–Trinajstić information content (AvgIpc) is 2.23. The molecule has 1 unspecified atom stereocenters. The Labute approximate surface area is 85.3 Å². The second-order valence-corrected chi connectivity index (χ2v) is 3.24. The third-order valence-electron chi connectivity index (χ3n) is 2.16. The van der Waals surface area contributed by atoms with Crippen molar-refractivity contribution < 1.29 is 8.78 Å². The number of hydrogen-bond donors (Lipinski definition) is 2. The monoisotopic (exact) mass is 209 g/mol. The minimum absolute atomic E-state index is 0.412. The van der Waals surface area contributed by atoms with Gasteiger partial charge in [-0.1, -0.05) is 6.07 Å². The molecule has 3 N–H and O–H groups in total. The molecule has 1 aromatic rings. The molecule has 0 aromatic heterocycles. The molecule has 0 saturated heterocycles. The SMILES string of the molecule is NC1(c2ccc(F)c(F)c2)C=NC=CN1. The lowest BCUT2D eigenvalue weighted by molar-refractivity contribution is 0.493. The molecule has 1 atom stereocenters. The number of nitrogens with zero attached hydrogens (tertiary/aromatic N) is 1. The molecule has 0 aliphatic carbocycles. The Bertz CT molecular complexity index is 442. The van der Waals surface area contributed by atoms with Gasteiger partial charge >= 0.3 is 0 Å². The summed E-state index contributed by atoms with van der Waals surface area (Å²) in [5.41, 5.74) is 5.23. The first-order chi connectivity index (χ1) is 7.12. The van der Waals surface area contributed by atoms with Crippen molar-refractivity contribution in [2.75, 3.05) is 0 Å². The number of hydrogen-bond acceptors (Lipinski definition) is 3. The fourth-order valence-electron chi connectivity index (χ4n) is 1.33. The van der Waals surface area contributed by atoms with E-state index in [4.69, 9.17) is 5.73 Å². The summed E-state index contributed by atoms with van der Waals surface area (Å²) in [5, 5.41) is 2.82. The van der Waals surface area contributed by atoms with Crippen LogP contribution < -0.4 is 11.1 Å². The first kappa shape index (κ1) is 9.79. The highest BCUT2D eigenvalue weighted by Gasteiger charge is 2.25.